The quantitative estimate of drug-likeness (QED) is 0.360. The molecular weight excluding hydrogens is 388 g/mol. The lowest BCUT2D eigenvalue weighted by Crippen LogP contribution is -2.02. The highest BCUT2D eigenvalue weighted by Crippen LogP contribution is 2.35. The first-order valence-electron chi connectivity index (χ1n) is 9.03. The number of thioether (sulfide) groups is 1. The fourth-order valence-electron chi connectivity index (χ4n) is 2.96. The van der Waals surface area contributed by atoms with E-state index in [4.69, 9.17) is 0 Å². The van der Waals surface area contributed by atoms with Gasteiger partial charge < -0.3 is 14.7 Å². The van der Waals surface area contributed by atoms with Crippen LogP contribution in [0.5, 0.6) is 5.88 Å². The van der Waals surface area contributed by atoms with E-state index in [-0.39, 0.29) is 17.3 Å². The number of nitrogens with one attached hydrogen (secondary N) is 1. The fraction of sp³-hybridized carbons (Fsp3) is 0.150. The van der Waals surface area contributed by atoms with Gasteiger partial charge >= 0.3 is 0 Å². The standard InChI is InChI=1S/C20H18N6O2S/c1-2-26-18(13-8-4-3-5-9-13)24-25-20(26)29-12-16(27)22-23-17-14-10-6-7-11-15(14)21-19(17)28/h3-11,21,28H,2,12H2,1H3. The minimum atomic E-state index is -0.424. The number of rotatable bonds is 6. The lowest BCUT2D eigenvalue weighted by molar-refractivity contribution is -0.115. The molecule has 0 atom stereocenters. The van der Waals surface area contributed by atoms with Gasteiger partial charge in [0.25, 0.3) is 5.91 Å². The molecule has 9 heteroatoms. The van der Waals surface area contributed by atoms with Crippen molar-refractivity contribution in [3.63, 3.8) is 0 Å². The molecule has 0 radical (unpaired) electrons. The van der Waals surface area contributed by atoms with Crippen LogP contribution in [-0.4, -0.2) is 36.5 Å². The van der Waals surface area contributed by atoms with Crippen LogP contribution in [0.15, 0.2) is 70.0 Å². The van der Waals surface area contributed by atoms with Gasteiger partial charge in [-0.2, -0.15) is 0 Å². The van der Waals surface area contributed by atoms with Crippen molar-refractivity contribution in [1.82, 2.24) is 19.7 Å². The van der Waals surface area contributed by atoms with E-state index in [1.54, 1.807) is 6.07 Å². The number of benzene rings is 2. The molecule has 0 aliphatic carbocycles. The van der Waals surface area contributed by atoms with Crippen LogP contribution in [0.3, 0.4) is 0 Å². The number of amides is 1. The molecule has 0 saturated carbocycles. The molecule has 0 unspecified atom stereocenters. The van der Waals surface area contributed by atoms with Gasteiger partial charge in [-0.05, 0) is 13.0 Å². The number of aromatic hydroxyl groups is 1. The highest BCUT2D eigenvalue weighted by Gasteiger charge is 2.15. The molecule has 0 aliphatic heterocycles. The summed E-state index contributed by atoms with van der Waals surface area (Å²) in [7, 11) is 0. The predicted octanol–water partition coefficient (Wildman–Crippen LogP) is 4.55. The highest BCUT2D eigenvalue weighted by atomic mass is 32.2. The van der Waals surface area contributed by atoms with Gasteiger partial charge in [0.2, 0.25) is 5.88 Å². The van der Waals surface area contributed by atoms with E-state index >= 15 is 0 Å². The summed E-state index contributed by atoms with van der Waals surface area (Å²) in [6, 6.07) is 17.1. The Balaban J connectivity index is 1.47. The zero-order valence-electron chi connectivity index (χ0n) is 15.6. The van der Waals surface area contributed by atoms with Crippen LogP contribution in [0.4, 0.5) is 5.69 Å². The average Bonchev–Trinajstić information content (AvgIpc) is 3.31. The number of carbonyl (C=O) groups excluding carboxylic acids is 1. The van der Waals surface area contributed by atoms with Crippen LogP contribution in [0.2, 0.25) is 0 Å². The summed E-state index contributed by atoms with van der Waals surface area (Å²) in [6.07, 6.45) is 0. The number of carbonyl (C=O) groups is 1. The monoisotopic (exact) mass is 406 g/mol. The molecule has 0 aliphatic rings. The third-order valence-electron chi connectivity index (χ3n) is 4.31. The van der Waals surface area contributed by atoms with Gasteiger partial charge in [0, 0.05) is 17.5 Å². The van der Waals surface area contributed by atoms with Gasteiger partial charge in [-0.25, -0.2) is 0 Å². The highest BCUT2D eigenvalue weighted by molar-refractivity contribution is 7.99. The molecule has 0 saturated heterocycles. The van der Waals surface area contributed by atoms with Gasteiger partial charge in [0.15, 0.2) is 16.7 Å². The molecule has 8 nitrogen and oxygen atoms in total. The molecule has 29 heavy (non-hydrogen) atoms. The number of nitrogens with zero attached hydrogens (tertiary/aromatic N) is 5. The average molecular weight is 406 g/mol. The number of aromatic nitrogens is 4. The van der Waals surface area contributed by atoms with Crippen molar-refractivity contribution in [1.29, 1.82) is 0 Å². The normalized spacial score (nSPS) is 11.5. The van der Waals surface area contributed by atoms with Crippen LogP contribution in [-0.2, 0) is 11.3 Å². The zero-order valence-corrected chi connectivity index (χ0v) is 16.4. The number of H-pyrrole nitrogens is 1. The minimum Gasteiger partial charge on any atom is -0.493 e. The van der Waals surface area contributed by atoms with Crippen molar-refractivity contribution < 1.29 is 9.90 Å². The summed E-state index contributed by atoms with van der Waals surface area (Å²) in [6.45, 7) is 2.68. The number of azo groups is 1. The van der Waals surface area contributed by atoms with E-state index in [0.29, 0.717) is 17.1 Å². The molecule has 4 rings (SSSR count). The van der Waals surface area contributed by atoms with Crippen molar-refractivity contribution in [2.45, 2.75) is 18.6 Å². The zero-order chi connectivity index (χ0) is 20.2. The van der Waals surface area contributed by atoms with Crippen molar-refractivity contribution in [2.24, 2.45) is 10.2 Å². The van der Waals surface area contributed by atoms with E-state index in [9.17, 15) is 9.90 Å². The maximum Gasteiger partial charge on any atom is 0.275 e. The molecule has 146 valence electrons. The molecule has 4 aromatic rings. The Morgan fingerprint density at radius 2 is 1.90 bits per heavy atom. The molecular formula is C20H18N6O2S. The Morgan fingerprint density at radius 3 is 2.69 bits per heavy atom. The van der Waals surface area contributed by atoms with E-state index in [0.717, 1.165) is 16.9 Å². The first kappa shape index (κ1) is 18.9. The second kappa shape index (κ2) is 8.27. The fourth-order valence-corrected chi connectivity index (χ4v) is 3.74. The molecule has 0 fully saturated rings. The first-order chi connectivity index (χ1) is 14.2. The maximum absolute atomic E-state index is 12.2. The van der Waals surface area contributed by atoms with Crippen LogP contribution in [0.25, 0.3) is 22.3 Å². The summed E-state index contributed by atoms with van der Waals surface area (Å²) >= 11 is 1.26. The predicted molar refractivity (Wildman–Crippen MR) is 111 cm³/mol. The summed E-state index contributed by atoms with van der Waals surface area (Å²) in [4.78, 5) is 15.0. The van der Waals surface area contributed by atoms with Gasteiger partial charge in [0.05, 0.1) is 11.3 Å². The van der Waals surface area contributed by atoms with Crippen LogP contribution in [0, 0.1) is 0 Å². The number of hydrogen-bond acceptors (Lipinski definition) is 6. The van der Waals surface area contributed by atoms with Crippen molar-refractivity contribution in [3.05, 3.63) is 54.6 Å². The number of aromatic amines is 1. The minimum absolute atomic E-state index is 0.0690. The van der Waals surface area contributed by atoms with Gasteiger partial charge in [0.1, 0.15) is 0 Å². The topological polar surface area (TPSA) is 109 Å². The van der Waals surface area contributed by atoms with Crippen molar-refractivity contribution in [3.8, 4) is 17.3 Å². The third-order valence-corrected chi connectivity index (χ3v) is 5.26. The van der Waals surface area contributed by atoms with Crippen LogP contribution < -0.4 is 0 Å². The molecule has 2 aromatic heterocycles. The smallest absolute Gasteiger partial charge is 0.275 e. The first-order valence-corrected chi connectivity index (χ1v) is 10.0. The summed E-state index contributed by atoms with van der Waals surface area (Å²) in [5.41, 5.74) is 1.95. The molecule has 2 aromatic carbocycles. The lowest BCUT2D eigenvalue weighted by Gasteiger charge is -2.06. The second-order valence-electron chi connectivity index (χ2n) is 6.17. The SMILES string of the molecule is CCn1c(SCC(=O)N=Nc2c(O)[nH]c3ccccc23)nnc1-c1ccccc1. The Morgan fingerprint density at radius 1 is 1.14 bits per heavy atom. The van der Waals surface area contributed by atoms with Crippen LogP contribution in [0.1, 0.15) is 6.92 Å². The lowest BCUT2D eigenvalue weighted by atomic mass is 10.2. The van der Waals surface area contributed by atoms with Crippen molar-refractivity contribution in [2.75, 3.05) is 5.75 Å². The second-order valence-corrected chi connectivity index (χ2v) is 7.11. The Kier molecular flexibility index (Phi) is 5.39. The molecule has 0 spiro atoms. The molecule has 2 N–H and O–H groups in total. The van der Waals surface area contributed by atoms with Crippen LogP contribution >= 0.6 is 11.8 Å². The van der Waals surface area contributed by atoms with Gasteiger partial charge in [-0.1, -0.05) is 60.3 Å². The van der Waals surface area contributed by atoms with Crippen molar-refractivity contribution >= 4 is 34.3 Å². The Bertz CT molecular complexity index is 1180. The van der Waals surface area contributed by atoms with E-state index < -0.39 is 5.91 Å². The summed E-state index contributed by atoms with van der Waals surface area (Å²) < 4.78 is 1.95. The molecule has 2 heterocycles. The number of fused-ring (bicyclic) bond motifs is 1. The number of para-hydroxylation sites is 1. The summed E-state index contributed by atoms with van der Waals surface area (Å²) in [5.74, 6) is 0.285. The summed E-state index contributed by atoms with van der Waals surface area (Å²) in [5, 5.41) is 27.5. The Labute approximate surface area is 170 Å². The van der Waals surface area contributed by atoms with Gasteiger partial charge in [-0.15, -0.1) is 20.4 Å². The van der Waals surface area contributed by atoms with Gasteiger partial charge in [-0.3, -0.25) is 4.79 Å². The van der Waals surface area contributed by atoms with E-state index in [1.807, 2.05) is 60.0 Å². The van der Waals surface area contributed by atoms with E-state index in [2.05, 4.69) is 25.4 Å². The number of hydrogen-bond donors (Lipinski definition) is 2. The third kappa shape index (κ3) is 3.90. The largest absolute Gasteiger partial charge is 0.493 e. The maximum atomic E-state index is 12.2. The molecule has 1 amide bonds. The molecule has 0 bridgehead atoms. The Hall–Kier alpha value is -3.46. The van der Waals surface area contributed by atoms with E-state index in [1.165, 1.54) is 11.8 Å².